The van der Waals surface area contributed by atoms with E-state index >= 15 is 0 Å². The van der Waals surface area contributed by atoms with Crippen molar-refractivity contribution in [1.82, 2.24) is 4.90 Å². The summed E-state index contributed by atoms with van der Waals surface area (Å²) < 4.78 is 16.1. The summed E-state index contributed by atoms with van der Waals surface area (Å²) in [5.74, 6) is 0.807. The van der Waals surface area contributed by atoms with Gasteiger partial charge in [0, 0.05) is 24.6 Å². The second kappa shape index (κ2) is 10.2. The number of ketones is 1. The highest BCUT2D eigenvalue weighted by Crippen LogP contribution is 2.40. The van der Waals surface area contributed by atoms with E-state index in [0.29, 0.717) is 47.9 Å². The van der Waals surface area contributed by atoms with Crippen molar-refractivity contribution >= 4 is 23.3 Å². The number of rotatable bonds is 8. The fourth-order valence-electron chi connectivity index (χ4n) is 4.59. The maximum Gasteiger partial charge on any atom is 0.231 e. The SMILES string of the molecule is CCCCN1C(=O)CCC(C(=O)Nc2cc3c(cc2C(C)=O)OCO3)C1c1ccc(OC)cc1. The van der Waals surface area contributed by atoms with Gasteiger partial charge in [-0.1, -0.05) is 25.5 Å². The number of ether oxygens (including phenoxy) is 3. The van der Waals surface area contributed by atoms with Crippen LogP contribution in [-0.4, -0.2) is 42.9 Å². The Bertz CT molecular complexity index is 1080. The predicted octanol–water partition coefficient (Wildman–Crippen LogP) is 4.35. The van der Waals surface area contributed by atoms with E-state index in [1.54, 1.807) is 19.2 Å². The molecule has 8 nitrogen and oxygen atoms in total. The number of hydrogen-bond donors (Lipinski definition) is 1. The molecule has 0 saturated carbocycles. The van der Waals surface area contributed by atoms with Crippen LogP contribution in [0.15, 0.2) is 36.4 Å². The zero-order valence-electron chi connectivity index (χ0n) is 19.8. The highest BCUT2D eigenvalue weighted by atomic mass is 16.7. The standard InChI is InChI=1S/C26H30N2O6/c1-4-5-12-28-24(30)11-10-19(25(28)17-6-8-18(32-3)9-7-17)26(31)27-21-14-23-22(33-15-34-23)13-20(21)16(2)29/h6-9,13-14,19,25H,4-5,10-12,15H2,1-3H3,(H,27,31). The molecule has 1 N–H and O–H groups in total. The minimum Gasteiger partial charge on any atom is -0.497 e. The third kappa shape index (κ3) is 4.71. The summed E-state index contributed by atoms with van der Waals surface area (Å²) in [7, 11) is 1.60. The van der Waals surface area contributed by atoms with E-state index in [-0.39, 0.29) is 24.4 Å². The molecule has 180 valence electrons. The molecule has 2 aromatic rings. The first-order chi connectivity index (χ1) is 16.4. The molecule has 2 heterocycles. The molecule has 0 spiro atoms. The number of hydrogen-bond acceptors (Lipinski definition) is 6. The van der Waals surface area contributed by atoms with Crippen molar-refractivity contribution in [1.29, 1.82) is 0 Å². The molecule has 8 heteroatoms. The monoisotopic (exact) mass is 466 g/mol. The van der Waals surface area contributed by atoms with Gasteiger partial charge in [0.1, 0.15) is 5.75 Å². The van der Waals surface area contributed by atoms with Gasteiger partial charge in [0.25, 0.3) is 0 Å². The fourth-order valence-corrected chi connectivity index (χ4v) is 4.59. The number of benzene rings is 2. The van der Waals surface area contributed by atoms with E-state index in [1.165, 1.54) is 6.92 Å². The minimum absolute atomic E-state index is 0.0471. The summed E-state index contributed by atoms with van der Waals surface area (Å²) >= 11 is 0. The quantitative estimate of drug-likeness (QED) is 0.582. The van der Waals surface area contributed by atoms with Crippen molar-refractivity contribution in [2.24, 2.45) is 5.92 Å². The number of fused-ring (bicyclic) bond motifs is 1. The first kappa shape index (κ1) is 23.6. The third-order valence-corrected chi connectivity index (χ3v) is 6.40. The lowest BCUT2D eigenvalue weighted by Crippen LogP contribution is -2.47. The minimum atomic E-state index is -0.479. The Morgan fingerprint density at radius 3 is 2.50 bits per heavy atom. The van der Waals surface area contributed by atoms with Gasteiger partial charge < -0.3 is 24.4 Å². The van der Waals surface area contributed by atoms with Gasteiger partial charge in [-0.2, -0.15) is 0 Å². The van der Waals surface area contributed by atoms with E-state index in [4.69, 9.17) is 14.2 Å². The highest BCUT2D eigenvalue weighted by molar-refractivity contribution is 6.05. The lowest BCUT2D eigenvalue weighted by molar-refractivity contribution is -0.142. The smallest absolute Gasteiger partial charge is 0.231 e. The second-order valence-electron chi connectivity index (χ2n) is 8.60. The van der Waals surface area contributed by atoms with Crippen LogP contribution >= 0.6 is 0 Å². The third-order valence-electron chi connectivity index (χ3n) is 6.40. The average Bonchev–Trinajstić information content (AvgIpc) is 3.30. The molecule has 2 aliphatic rings. The molecule has 2 atom stereocenters. The number of amides is 2. The maximum atomic E-state index is 13.6. The number of piperidine rings is 1. The summed E-state index contributed by atoms with van der Waals surface area (Å²) in [6.45, 7) is 4.17. The number of unbranched alkanes of at least 4 members (excludes halogenated alkanes) is 1. The highest BCUT2D eigenvalue weighted by Gasteiger charge is 2.40. The normalized spacial score (nSPS) is 19.1. The Labute approximate surface area is 199 Å². The van der Waals surface area contributed by atoms with E-state index in [0.717, 1.165) is 18.4 Å². The van der Waals surface area contributed by atoms with Crippen molar-refractivity contribution in [2.45, 2.75) is 45.6 Å². The Hall–Kier alpha value is -3.55. The van der Waals surface area contributed by atoms with Crippen LogP contribution in [0.4, 0.5) is 5.69 Å². The number of nitrogens with one attached hydrogen (secondary N) is 1. The second-order valence-corrected chi connectivity index (χ2v) is 8.60. The first-order valence-electron chi connectivity index (χ1n) is 11.6. The number of carbonyl (C=O) groups excluding carboxylic acids is 3. The van der Waals surface area contributed by atoms with Crippen molar-refractivity contribution in [3.63, 3.8) is 0 Å². The molecule has 2 aliphatic heterocycles. The molecule has 0 bridgehead atoms. The average molecular weight is 467 g/mol. The van der Waals surface area contributed by atoms with E-state index in [9.17, 15) is 14.4 Å². The molecular formula is C26H30N2O6. The lowest BCUT2D eigenvalue weighted by Gasteiger charge is -2.41. The van der Waals surface area contributed by atoms with Crippen LogP contribution in [0.5, 0.6) is 17.2 Å². The van der Waals surface area contributed by atoms with Crippen LogP contribution in [0.2, 0.25) is 0 Å². The molecule has 1 fully saturated rings. The van der Waals surface area contributed by atoms with E-state index < -0.39 is 12.0 Å². The molecule has 34 heavy (non-hydrogen) atoms. The number of nitrogens with zero attached hydrogens (tertiary/aromatic N) is 1. The first-order valence-corrected chi connectivity index (χ1v) is 11.6. The van der Waals surface area contributed by atoms with Gasteiger partial charge in [0.05, 0.1) is 24.8 Å². The predicted molar refractivity (Wildman–Crippen MR) is 126 cm³/mol. The summed E-state index contributed by atoms with van der Waals surface area (Å²) in [6, 6.07) is 10.3. The Balaban J connectivity index is 1.67. The van der Waals surface area contributed by atoms with Gasteiger partial charge in [0.15, 0.2) is 17.3 Å². The van der Waals surface area contributed by atoms with Crippen molar-refractivity contribution in [3.05, 3.63) is 47.5 Å². The fraction of sp³-hybridized carbons (Fsp3) is 0.423. The topological polar surface area (TPSA) is 94.2 Å². The van der Waals surface area contributed by atoms with Crippen LogP contribution in [0.1, 0.15) is 61.5 Å². The van der Waals surface area contributed by atoms with Crippen LogP contribution in [0, 0.1) is 5.92 Å². The number of methoxy groups -OCH3 is 1. The van der Waals surface area contributed by atoms with Crippen LogP contribution in [-0.2, 0) is 9.59 Å². The molecule has 0 aromatic heterocycles. The zero-order chi connectivity index (χ0) is 24.2. The van der Waals surface area contributed by atoms with Gasteiger partial charge in [-0.15, -0.1) is 0 Å². The van der Waals surface area contributed by atoms with Crippen molar-refractivity contribution in [3.8, 4) is 17.2 Å². The molecule has 2 unspecified atom stereocenters. The molecule has 2 aromatic carbocycles. The van der Waals surface area contributed by atoms with E-state index in [2.05, 4.69) is 12.2 Å². The molecule has 0 radical (unpaired) electrons. The Morgan fingerprint density at radius 1 is 1.15 bits per heavy atom. The maximum absolute atomic E-state index is 13.6. The van der Waals surface area contributed by atoms with Gasteiger partial charge in [-0.3, -0.25) is 14.4 Å². The summed E-state index contributed by atoms with van der Waals surface area (Å²) in [6.07, 6.45) is 2.51. The number of likely N-dealkylation sites (tertiary alicyclic amines) is 1. The molecule has 0 aliphatic carbocycles. The zero-order valence-corrected chi connectivity index (χ0v) is 19.8. The summed E-state index contributed by atoms with van der Waals surface area (Å²) in [4.78, 5) is 40.6. The van der Waals surface area contributed by atoms with Crippen LogP contribution in [0.3, 0.4) is 0 Å². The largest absolute Gasteiger partial charge is 0.497 e. The molecular weight excluding hydrogens is 436 g/mol. The lowest BCUT2D eigenvalue weighted by atomic mass is 9.83. The molecule has 1 saturated heterocycles. The van der Waals surface area contributed by atoms with Crippen LogP contribution in [0.25, 0.3) is 0 Å². The summed E-state index contributed by atoms with van der Waals surface area (Å²) in [5.41, 5.74) is 1.61. The number of Topliss-reactive ketones (excluding diaryl/α,β-unsaturated/α-hetero) is 1. The van der Waals surface area contributed by atoms with Gasteiger partial charge in [0.2, 0.25) is 18.6 Å². The number of carbonyl (C=O) groups is 3. The Morgan fingerprint density at radius 2 is 1.85 bits per heavy atom. The van der Waals surface area contributed by atoms with Crippen molar-refractivity contribution < 1.29 is 28.6 Å². The van der Waals surface area contributed by atoms with Gasteiger partial charge in [-0.05, 0) is 43.5 Å². The summed E-state index contributed by atoms with van der Waals surface area (Å²) in [5, 5.41) is 2.95. The van der Waals surface area contributed by atoms with E-state index in [1.807, 2.05) is 29.2 Å². The number of anilines is 1. The van der Waals surface area contributed by atoms with Gasteiger partial charge in [-0.25, -0.2) is 0 Å². The molecule has 4 rings (SSSR count). The van der Waals surface area contributed by atoms with Crippen LogP contribution < -0.4 is 19.5 Å². The molecule has 2 amide bonds. The van der Waals surface area contributed by atoms with Crippen molar-refractivity contribution in [2.75, 3.05) is 25.8 Å². The van der Waals surface area contributed by atoms with Gasteiger partial charge >= 0.3 is 0 Å². The Kier molecular flexibility index (Phi) is 7.05.